The number of anilines is 1. The fourth-order valence-electron chi connectivity index (χ4n) is 5.08. The molecule has 1 fully saturated rings. The third kappa shape index (κ3) is 4.37. The molecule has 1 aromatic carbocycles. The molecule has 1 atom stereocenters. The molecule has 3 aromatic rings. The van der Waals surface area contributed by atoms with E-state index in [2.05, 4.69) is 25.8 Å². The smallest absolute Gasteiger partial charge is 0.338 e. The van der Waals surface area contributed by atoms with Crippen molar-refractivity contribution in [3.63, 3.8) is 0 Å². The van der Waals surface area contributed by atoms with Gasteiger partial charge < -0.3 is 23.5 Å². The van der Waals surface area contributed by atoms with Crippen LogP contribution in [0.25, 0.3) is 6.08 Å². The Bertz CT molecular complexity index is 1630. The first-order valence-electron chi connectivity index (χ1n) is 12.6. The van der Waals surface area contributed by atoms with Crippen LogP contribution in [0.1, 0.15) is 50.5 Å². The number of piperidine rings is 1. The van der Waals surface area contributed by atoms with E-state index in [-0.39, 0.29) is 19.0 Å². The van der Waals surface area contributed by atoms with Gasteiger partial charge in [0, 0.05) is 25.2 Å². The zero-order valence-corrected chi connectivity index (χ0v) is 23.4. The van der Waals surface area contributed by atoms with E-state index in [0.717, 1.165) is 36.3 Å². The minimum Gasteiger partial charge on any atom is -0.463 e. The number of rotatable bonds is 5. The molecule has 3 aliphatic heterocycles. The quantitative estimate of drug-likeness (QED) is 0.411. The van der Waals surface area contributed by atoms with Gasteiger partial charge in [0.15, 0.2) is 16.3 Å². The summed E-state index contributed by atoms with van der Waals surface area (Å²) in [5.41, 5.74) is 1.26. The minimum atomic E-state index is -0.728. The van der Waals surface area contributed by atoms with Crippen LogP contribution in [0.5, 0.6) is 11.5 Å². The molecule has 0 bridgehead atoms. The summed E-state index contributed by atoms with van der Waals surface area (Å²) in [6.07, 6.45) is 5.22. The summed E-state index contributed by atoms with van der Waals surface area (Å²) in [4.78, 5) is 34.3. The standard InChI is InChI=1S/C27H26BrN3O6S/c1-3-34-26(33)22-15(2)29-27-31(23(22)16-7-8-19-20(11-16)36-14-35-19)24(32)21(38-27)13-17-12-18(28)25(37-17)30-9-5-4-6-10-30/h7-8,11-13,23H,3-6,9-10,14H2,1-2H3/b21-13+/t23-/m1/s1. The Morgan fingerprint density at radius 2 is 2.00 bits per heavy atom. The Hall–Kier alpha value is -3.31. The van der Waals surface area contributed by atoms with E-state index in [1.54, 1.807) is 36.6 Å². The van der Waals surface area contributed by atoms with E-state index in [9.17, 15) is 9.59 Å². The van der Waals surface area contributed by atoms with Crippen LogP contribution in [0.4, 0.5) is 5.88 Å². The zero-order valence-electron chi connectivity index (χ0n) is 21.0. The van der Waals surface area contributed by atoms with Gasteiger partial charge >= 0.3 is 5.97 Å². The van der Waals surface area contributed by atoms with Crippen molar-refractivity contribution in [3.8, 4) is 11.5 Å². The number of aromatic nitrogens is 1. The molecule has 0 amide bonds. The molecule has 0 radical (unpaired) electrons. The monoisotopic (exact) mass is 599 g/mol. The van der Waals surface area contributed by atoms with Gasteiger partial charge in [0.2, 0.25) is 12.7 Å². The first-order chi connectivity index (χ1) is 18.4. The number of fused-ring (bicyclic) bond motifs is 2. The Morgan fingerprint density at radius 1 is 1.21 bits per heavy atom. The molecular weight excluding hydrogens is 574 g/mol. The summed E-state index contributed by atoms with van der Waals surface area (Å²) in [6, 6.07) is 6.58. The van der Waals surface area contributed by atoms with Gasteiger partial charge in [0.05, 0.1) is 32.9 Å². The highest BCUT2D eigenvalue weighted by atomic mass is 79.9. The Morgan fingerprint density at radius 3 is 2.79 bits per heavy atom. The number of halogens is 1. The number of esters is 1. The minimum absolute atomic E-state index is 0.124. The highest BCUT2D eigenvalue weighted by molar-refractivity contribution is 9.10. The summed E-state index contributed by atoms with van der Waals surface area (Å²) in [7, 11) is 0. The van der Waals surface area contributed by atoms with E-state index < -0.39 is 12.0 Å². The van der Waals surface area contributed by atoms with Crippen molar-refractivity contribution in [2.45, 2.75) is 39.2 Å². The summed E-state index contributed by atoms with van der Waals surface area (Å²) in [5, 5.41) is 0. The van der Waals surface area contributed by atoms with Gasteiger partial charge in [-0.15, -0.1) is 0 Å². The van der Waals surface area contributed by atoms with Gasteiger partial charge in [-0.1, -0.05) is 17.4 Å². The predicted molar refractivity (Wildman–Crippen MR) is 145 cm³/mol. The van der Waals surface area contributed by atoms with Crippen molar-refractivity contribution in [1.29, 1.82) is 0 Å². The van der Waals surface area contributed by atoms with E-state index in [1.165, 1.54) is 17.8 Å². The number of hydrogen-bond donors (Lipinski definition) is 0. The average Bonchev–Trinajstić information content (AvgIpc) is 3.61. The number of allylic oxidation sites excluding steroid dienone is 1. The predicted octanol–water partition coefficient (Wildman–Crippen LogP) is 3.87. The van der Waals surface area contributed by atoms with Crippen LogP contribution in [-0.2, 0) is 9.53 Å². The maximum absolute atomic E-state index is 13.8. The number of hydrogen-bond acceptors (Lipinski definition) is 9. The molecule has 0 spiro atoms. The normalized spacial score (nSPS) is 19.0. The van der Waals surface area contributed by atoms with Crippen LogP contribution >= 0.6 is 27.3 Å². The SMILES string of the molecule is CCOC(=O)C1=C(C)N=c2s/c(=C/c3cc(Br)c(N4CCCCC4)o3)c(=O)n2[C@@H]1c1ccc2c(c1)OCO2. The van der Waals surface area contributed by atoms with Gasteiger partial charge in [-0.2, -0.15) is 0 Å². The number of carbonyl (C=O) groups is 1. The number of thiazole rings is 1. The second-order valence-electron chi connectivity index (χ2n) is 9.26. The second-order valence-corrected chi connectivity index (χ2v) is 11.1. The van der Waals surface area contributed by atoms with Crippen molar-refractivity contribution in [2.24, 2.45) is 4.99 Å². The van der Waals surface area contributed by atoms with Gasteiger partial charge in [-0.3, -0.25) is 9.36 Å². The number of nitrogens with zero attached hydrogens (tertiary/aromatic N) is 3. The molecule has 38 heavy (non-hydrogen) atoms. The molecule has 9 nitrogen and oxygen atoms in total. The van der Waals surface area contributed by atoms with Crippen molar-refractivity contribution in [2.75, 3.05) is 31.4 Å². The third-order valence-corrected chi connectivity index (χ3v) is 8.38. The van der Waals surface area contributed by atoms with Gasteiger partial charge in [0.1, 0.15) is 5.76 Å². The average molecular weight is 600 g/mol. The highest BCUT2D eigenvalue weighted by Gasteiger charge is 2.34. The first-order valence-corrected chi connectivity index (χ1v) is 14.2. The zero-order chi connectivity index (χ0) is 26.4. The number of furan rings is 1. The topological polar surface area (TPSA) is 95.5 Å². The molecule has 5 heterocycles. The van der Waals surface area contributed by atoms with Gasteiger partial charge in [0.25, 0.3) is 5.56 Å². The van der Waals surface area contributed by atoms with Crippen molar-refractivity contribution in [1.82, 2.24) is 4.57 Å². The van der Waals surface area contributed by atoms with Crippen molar-refractivity contribution < 1.29 is 23.4 Å². The molecule has 1 saturated heterocycles. The fourth-order valence-corrected chi connectivity index (χ4v) is 6.66. The van der Waals surface area contributed by atoms with Crippen LogP contribution in [0, 0.1) is 0 Å². The van der Waals surface area contributed by atoms with Crippen LogP contribution in [0.2, 0.25) is 0 Å². The number of benzene rings is 1. The third-order valence-electron chi connectivity index (χ3n) is 6.83. The lowest BCUT2D eigenvalue weighted by atomic mass is 9.95. The lowest BCUT2D eigenvalue weighted by Crippen LogP contribution is -2.39. The molecule has 11 heteroatoms. The van der Waals surface area contributed by atoms with Crippen LogP contribution in [0.15, 0.2) is 54.2 Å². The molecule has 0 N–H and O–H groups in total. The molecule has 3 aliphatic rings. The number of ether oxygens (including phenoxy) is 3. The second kappa shape index (κ2) is 10.1. The lowest BCUT2D eigenvalue weighted by Gasteiger charge is -2.26. The highest BCUT2D eigenvalue weighted by Crippen LogP contribution is 2.38. The van der Waals surface area contributed by atoms with Gasteiger partial charge in [-0.05, 0) is 66.7 Å². The molecule has 2 aromatic heterocycles. The van der Waals surface area contributed by atoms with Crippen LogP contribution in [-0.4, -0.2) is 37.0 Å². The Labute approximate surface area is 230 Å². The maximum Gasteiger partial charge on any atom is 0.338 e. The van der Waals surface area contributed by atoms with E-state index in [1.807, 2.05) is 12.1 Å². The van der Waals surface area contributed by atoms with E-state index in [0.29, 0.717) is 43.4 Å². The van der Waals surface area contributed by atoms with Crippen LogP contribution < -0.4 is 29.3 Å². The van der Waals surface area contributed by atoms with Crippen molar-refractivity contribution in [3.05, 3.63) is 71.0 Å². The maximum atomic E-state index is 13.8. The molecule has 198 valence electrons. The lowest BCUT2D eigenvalue weighted by molar-refractivity contribution is -0.139. The molecular formula is C27H26BrN3O6S. The van der Waals surface area contributed by atoms with E-state index in [4.69, 9.17) is 18.6 Å². The molecule has 0 saturated carbocycles. The summed E-state index contributed by atoms with van der Waals surface area (Å²) < 4.78 is 25.4. The fraction of sp³-hybridized carbons (Fsp3) is 0.370. The first kappa shape index (κ1) is 25.0. The van der Waals surface area contributed by atoms with Crippen molar-refractivity contribution >= 4 is 45.2 Å². The molecule has 0 unspecified atom stereocenters. The molecule has 0 aliphatic carbocycles. The molecule has 6 rings (SSSR count). The van der Waals surface area contributed by atoms with E-state index >= 15 is 0 Å². The van der Waals surface area contributed by atoms with Gasteiger partial charge in [-0.25, -0.2) is 9.79 Å². The van der Waals surface area contributed by atoms with Crippen LogP contribution in [0.3, 0.4) is 0 Å². The largest absolute Gasteiger partial charge is 0.463 e. The Kier molecular flexibility index (Phi) is 6.65. The summed E-state index contributed by atoms with van der Waals surface area (Å²) >= 11 is 4.88. The Balaban J connectivity index is 1.47. The number of carbonyl (C=O) groups excluding carboxylic acids is 1. The summed E-state index contributed by atoms with van der Waals surface area (Å²) in [5.74, 6) is 2.03. The summed E-state index contributed by atoms with van der Waals surface area (Å²) in [6.45, 7) is 5.73.